The molecule has 2 rings (SSSR count). The third kappa shape index (κ3) is 3.04. The van der Waals surface area contributed by atoms with Gasteiger partial charge in [-0.15, -0.1) is 11.6 Å². The molecule has 8 heteroatoms. The third-order valence-electron chi connectivity index (χ3n) is 3.03. The average molecular weight is 340 g/mol. The number of benzene rings is 1. The number of morpholine rings is 1. The molecule has 20 heavy (non-hydrogen) atoms. The van der Waals surface area contributed by atoms with Crippen LogP contribution < -0.4 is 4.74 Å². The summed E-state index contributed by atoms with van der Waals surface area (Å²) in [5, 5.41) is 0.313. The lowest BCUT2D eigenvalue weighted by Gasteiger charge is -2.27. The van der Waals surface area contributed by atoms with Gasteiger partial charge in [0.2, 0.25) is 10.0 Å². The van der Waals surface area contributed by atoms with Gasteiger partial charge in [-0.2, -0.15) is 4.31 Å². The molecule has 112 valence electrons. The van der Waals surface area contributed by atoms with Crippen molar-refractivity contribution >= 4 is 33.2 Å². The van der Waals surface area contributed by atoms with Gasteiger partial charge in [0, 0.05) is 23.7 Å². The van der Waals surface area contributed by atoms with Crippen LogP contribution in [0.4, 0.5) is 0 Å². The minimum Gasteiger partial charge on any atom is -0.495 e. The Morgan fingerprint density at radius 3 is 2.55 bits per heavy atom. The Balaban J connectivity index is 2.52. The molecule has 0 amide bonds. The quantitative estimate of drug-likeness (QED) is 0.788. The van der Waals surface area contributed by atoms with Crippen LogP contribution in [0.1, 0.15) is 5.56 Å². The molecular weight excluding hydrogens is 325 g/mol. The Labute approximate surface area is 128 Å². The molecule has 0 unspecified atom stereocenters. The fourth-order valence-electron chi connectivity index (χ4n) is 2.07. The van der Waals surface area contributed by atoms with Crippen LogP contribution in [0.15, 0.2) is 17.0 Å². The van der Waals surface area contributed by atoms with Crippen molar-refractivity contribution < 1.29 is 17.9 Å². The molecule has 1 aromatic rings. The predicted octanol–water partition coefficient (Wildman–Crippen LogP) is 2.11. The van der Waals surface area contributed by atoms with Crippen molar-refractivity contribution in [2.75, 3.05) is 33.4 Å². The number of sulfonamides is 1. The highest BCUT2D eigenvalue weighted by atomic mass is 35.5. The maximum absolute atomic E-state index is 12.7. The highest BCUT2D eigenvalue weighted by molar-refractivity contribution is 7.89. The fourth-order valence-corrected chi connectivity index (χ4v) is 4.21. The molecule has 1 heterocycles. The molecule has 5 nitrogen and oxygen atoms in total. The summed E-state index contributed by atoms with van der Waals surface area (Å²) in [7, 11) is -2.26. The van der Waals surface area contributed by atoms with Crippen molar-refractivity contribution in [2.45, 2.75) is 10.8 Å². The minimum absolute atomic E-state index is 0.0463. The van der Waals surface area contributed by atoms with Gasteiger partial charge in [0.15, 0.2) is 0 Å². The third-order valence-corrected chi connectivity index (χ3v) is 5.44. The van der Waals surface area contributed by atoms with Crippen LogP contribution in [0.2, 0.25) is 5.02 Å². The van der Waals surface area contributed by atoms with E-state index in [9.17, 15) is 8.42 Å². The smallest absolute Gasteiger partial charge is 0.246 e. The number of alkyl halides is 1. The van der Waals surface area contributed by atoms with E-state index in [0.717, 1.165) is 0 Å². The normalized spacial score (nSPS) is 17.1. The molecule has 0 aromatic heterocycles. The molecule has 1 saturated heterocycles. The first-order valence-corrected chi connectivity index (χ1v) is 8.36. The number of methoxy groups -OCH3 is 1. The molecule has 1 aliphatic rings. The monoisotopic (exact) mass is 339 g/mol. The molecular formula is C12H15Cl2NO4S. The summed E-state index contributed by atoms with van der Waals surface area (Å²) in [6.45, 7) is 1.39. The predicted molar refractivity (Wildman–Crippen MR) is 77.1 cm³/mol. The van der Waals surface area contributed by atoms with Crippen LogP contribution in [-0.2, 0) is 20.6 Å². The van der Waals surface area contributed by atoms with E-state index in [1.807, 2.05) is 0 Å². The highest BCUT2D eigenvalue weighted by Gasteiger charge is 2.30. The fraction of sp³-hybridized carbons (Fsp3) is 0.500. The summed E-state index contributed by atoms with van der Waals surface area (Å²) < 4.78 is 37.1. The molecule has 1 aliphatic heterocycles. The topological polar surface area (TPSA) is 55.8 Å². The lowest BCUT2D eigenvalue weighted by Crippen LogP contribution is -2.40. The second-order valence-corrected chi connectivity index (χ2v) is 6.86. The van der Waals surface area contributed by atoms with E-state index in [2.05, 4.69) is 0 Å². The standard InChI is InChI=1S/C12H15Cl2NO4S/c1-18-12-9(8-13)6-10(14)7-11(12)20(16,17)15-2-4-19-5-3-15/h6-7H,2-5,8H2,1H3. The number of ether oxygens (including phenoxy) is 2. The summed E-state index contributed by atoms with van der Waals surface area (Å²) in [4.78, 5) is 0.0463. The van der Waals surface area contributed by atoms with Gasteiger partial charge >= 0.3 is 0 Å². The van der Waals surface area contributed by atoms with Gasteiger partial charge in [-0.25, -0.2) is 8.42 Å². The van der Waals surface area contributed by atoms with Crippen molar-refractivity contribution in [1.82, 2.24) is 4.31 Å². The van der Waals surface area contributed by atoms with E-state index in [1.165, 1.54) is 17.5 Å². The lowest BCUT2D eigenvalue weighted by molar-refractivity contribution is 0.0729. The average Bonchev–Trinajstić information content (AvgIpc) is 2.47. The van der Waals surface area contributed by atoms with E-state index in [0.29, 0.717) is 36.9 Å². The Bertz CT molecular complexity index is 585. The Hall–Kier alpha value is -0.530. The molecule has 1 fully saturated rings. The second kappa shape index (κ2) is 6.49. The van der Waals surface area contributed by atoms with Crippen molar-refractivity contribution in [2.24, 2.45) is 0 Å². The van der Waals surface area contributed by atoms with Gasteiger partial charge in [-0.3, -0.25) is 0 Å². The summed E-state index contributed by atoms with van der Waals surface area (Å²) in [6, 6.07) is 2.99. The molecule has 0 spiro atoms. The first kappa shape index (κ1) is 15.9. The van der Waals surface area contributed by atoms with Crippen LogP contribution in [0, 0.1) is 0 Å². The largest absolute Gasteiger partial charge is 0.495 e. The first-order valence-electron chi connectivity index (χ1n) is 6.01. The molecule has 0 radical (unpaired) electrons. The summed E-state index contributed by atoms with van der Waals surface area (Å²) in [5.41, 5.74) is 0.550. The van der Waals surface area contributed by atoms with Crippen molar-refractivity contribution in [3.05, 3.63) is 22.7 Å². The zero-order valence-electron chi connectivity index (χ0n) is 10.9. The van der Waals surface area contributed by atoms with Gasteiger partial charge in [-0.05, 0) is 12.1 Å². The van der Waals surface area contributed by atoms with Crippen molar-refractivity contribution in [3.8, 4) is 5.75 Å². The van der Waals surface area contributed by atoms with Crippen molar-refractivity contribution in [1.29, 1.82) is 0 Å². The Morgan fingerprint density at radius 1 is 1.35 bits per heavy atom. The zero-order chi connectivity index (χ0) is 14.8. The van der Waals surface area contributed by atoms with E-state index in [1.54, 1.807) is 6.07 Å². The molecule has 0 saturated carbocycles. The minimum atomic E-state index is -3.67. The second-order valence-electron chi connectivity index (χ2n) is 4.25. The summed E-state index contributed by atoms with van der Waals surface area (Å²) >= 11 is 11.8. The van der Waals surface area contributed by atoms with E-state index in [4.69, 9.17) is 32.7 Å². The maximum atomic E-state index is 12.7. The number of hydrogen-bond donors (Lipinski definition) is 0. The van der Waals surface area contributed by atoms with Gasteiger partial charge in [0.1, 0.15) is 10.6 Å². The maximum Gasteiger partial charge on any atom is 0.246 e. The number of hydrogen-bond acceptors (Lipinski definition) is 4. The van der Waals surface area contributed by atoms with Gasteiger partial charge in [-0.1, -0.05) is 11.6 Å². The lowest BCUT2D eigenvalue weighted by atomic mass is 10.2. The van der Waals surface area contributed by atoms with Crippen LogP contribution in [0.5, 0.6) is 5.75 Å². The van der Waals surface area contributed by atoms with Gasteiger partial charge in [0.05, 0.1) is 26.2 Å². The molecule has 0 aliphatic carbocycles. The Morgan fingerprint density at radius 2 is 2.00 bits per heavy atom. The van der Waals surface area contributed by atoms with Crippen molar-refractivity contribution in [3.63, 3.8) is 0 Å². The number of rotatable bonds is 4. The summed E-state index contributed by atoms with van der Waals surface area (Å²) in [5.74, 6) is 0.367. The van der Waals surface area contributed by atoms with E-state index < -0.39 is 10.0 Å². The molecule has 0 atom stereocenters. The van der Waals surface area contributed by atoms with E-state index in [-0.39, 0.29) is 16.5 Å². The highest BCUT2D eigenvalue weighted by Crippen LogP contribution is 2.34. The van der Waals surface area contributed by atoms with Gasteiger partial charge in [0.25, 0.3) is 0 Å². The zero-order valence-corrected chi connectivity index (χ0v) is 13.3. The number of nitrogens with zero attached hydrogens (tertiary/aromatic N) is 1. The van der Waals surface area contributed by atoms with Crippen LogP contribution >= 0.6 is 23.2 Å². The SMILES string of the molecule is COc1c(CCl)cc(Cl)cc1S(=O)(=O)N1CCOCC1. The van der Waals surface area contributed by atoms with E-state index >= 15 is 0 Å². The summed E-state index contributed by atoms with van der Waals surface area (Å²) in [6.07, 6.45) is 0. The van der Waals surface area contributed by atoms with Gasteiger partial charge < -0.3 is 9.47 Å². The first-order chi connectivity index (χ1) is 9.50. The van der Waals surface area contributed by atoms with Crippen LogP contribution in [0.3, 0.4) is 0 Å². The number of halogens is 2. The molecule has 0 N–H and O–H groups in total. The Kier molecular flexibility index (Phi) is 5.14. The molecule has 0 bridgehead atoms. The molecule has 1 aromatic carbocycles. The van der Waals surface area contributed by atoms with Crippen LogP contribution in [0.25, 0.3) is 0 Å². The van der Waals surface area contributed by atoms with Crippen LogP contribution in [-0.4, -0.2) is 46.1 Å².